The predicted octanol–water partition coefficient (Wildman–Crippen LogP) is 3.07. The molecule has 1 saturated heterocycles. The van der Waals surface area contributed by atoms with Crippen LogP contribution in [0.15, 0.2) is 48.5 Å². The monoisotopic (exact) mass is 405 g/mol. The first kappa shape index (κ1) is 19.4. The number of para-hydroxylation sites is 2. The molecular formula is C19H20ClN3O3S. The van der Waals surface area contributed by atoms with Gasteiger partial charge in [0.25, 0.3) is 5.91 Å². The first-order chi connectivity index (χ1) is 13.1. The molecule has 0 aliphatic carbocycles. The van der Waals surface area contributed by atoms with Gasteiger partial charge in [0.15, 0.2) is 11.7 Å². The van der Waals surface area contributed by atoms with Crippen molar-refractivity contribution in [1.29, 1.82) is 0 Å². The van der Waals surface area contributed by atoms with Crippen molar-refractivity contribution < 1.29 is 14.3 Å². The van der Waals surface area contributed by atoms with Crippen molar-refractivity contribution in [2.24, 2.45) is 0 Å². The molecule has 6 nitrogen and oxygen atoms in total. The predicted molar refractivity (Wildman–Crippen MR) is 111 cm³/mol. The highest BCUT2D eigenvalue weighted by molar-refractivity contribution is 7.80. The molecule has 1 aliphatic heterocycles. The van der Waals surface area contributed by atoms with E-state index < -0.39 is 0 Å². The molecule has 1 aliphatic rings. The highest BCUT2D eigenvalue weighted by Gasteiger charge is 2.18. The smallest absolute Gasteiger partial charge is 0.264 e. The van der Waals surface area contributed by atoms with Crippen LogP contribution >= 0.6 is 23.8 Å². The van der Waals surface area contributed by atoms with Gasteiger partial charge in [-0.1, -0.05) is 35.9 Å². The highest BCUT2D eigenvalue weighted by Crippen LogP contribution is 2.34. The maximum absolute atomic E-state index is 12.1. The lowest BCUT2D eigenvalue weighted by molar-refractivity contribution is -0.121. The number of hydrogen-bond donors (Lipinski definition) is 2. The van der Waals surface area contributed by atoms with E-state index in [1.165, 1.54) is 0 Å². The first-order valence-corrected chi connectivity index (χ1v) is 9.32. The number of benzene rings is 2. The van der Waals surface area contributed by atoms with Crippen LogP contribution in [-0.2, 0) is 9.53 Å². The minimum absolute atomic E-state index is 0.127. The molecule has 0 saturated carbocycles. The number of nitrogens with one attached hydrogen (secondary N) is 2. The Morgan fingerprint density at radius 2 is 1.89 bits per heavy atom. The standard InChI is InChI=1S/C19H20ClN3O3S/c20-15-7-4-8-16(18(15)23-9-11-25-12-10-23)21-19(27)22-17(24)13-26-14-5-2-1-3-6-14/h1-8H,9-13H2,(H2,21,22,24,27). The second-order valence-electron chi connectivity index (χ2n) is 5.84. The van der Waals surface area contributed by atoms with Crippen molar-refractivity contribution in [2.45, 2.75) is 0 Å². The van der Waals surface area contributed by atoms with Crippen molar-refractivity contribution in [1.82, 2.24) is 5.32 Å². The van der Waals surface area contributed by atoms with Crippen molar-refractivity contribution in [3.8, 4) is 5.75 Å². The fourth-order valence-corrected chi connectivity index (χ4v) is 3.22. The number of halogens is 1. The van der Waals surface area contributed by atoms with Crippen LogP contribution in [0.1, 0.15) is 0 Å². The Kier molecular flexibility index (Phi) is 6.86. The van der Waals surface area contributed by atoms with Crippen molar-refractivity contribution in [3.63, 3.8) is 0 Å². The van der Waals surface area contributed by atoms with E-state index in [0.717, 1.165) is 24.5 Å². The third-order valence-electron chi connectivity index (χ3n) is 3.93. The molecule has 2 N–H and O–H groups in total. The van der Waals surface area contributed by atoms with E-state index in [4.69, 9.17) is 33.3 Å². The van der Waals surface area contributed by atoms with Crippen LogP contribution in [-0.4, -0.2) is 43.9 Å². The number of amides is 1. The molecule has 0 spiro atoms. The summed E-state index contributed by atoms with van der Waals surface area (Å²) in [7, 11) is 0. The molecule has 0 unspecified atom stereocenters. The summed E-state index contributed by atoms with van der Waals surface area (Å²) in [5, 5.41) is 6.48. The maximum Gasteiger partial charge on any atom is 0.264 e. The molecule has 1 heterocycles. The van der Waals surface area contributed by atoms with Crippen molar-refractivity contribution in [2.75, 3.05) is 43.1 Å². The highest BCUT2D eigenvalue weighted by atomic mass is 35.5. The summed E-state index contributed by atoms with van der Waals surface area (Å²) < 4.78 is 10.8. The lowest BCUT2D eigenvalue weighted by atomic mass is 10.2. The molecule has 2 aromatic carbocycles. The van der Waals surface area contributed by atoms with Crippen LogP contribution in [0.3, 0.4) is 0 Å². The number of carbonyl (C=O) groups is 1. The third-order valence-corrected chi connectivity index (χ3v) is 4.44. The van der Waals surface area contributed by atoms with Crippen LogP contribution in [0.4, 0.5) is 11.4 Å². The van der Waals surface area contributed by atoms with Gasteiger partial charge in [-0.05, 0) is 36.5 Å². The zero-order valence-electron chi connectivity index (χ0n) is 14.6. The Balaban J connectivity index is 1.59. The van der Waals surface area contributed by atoms with Gasteiger partial charge < -0.3 is 19.7 Å². The van der Waals surface area contributed by atoms with Crippen LogP contribution in [0.5, 0.6) is 5.75 Å². The molecule has 0 atom stereocenters. The van der Waals surface area contributed by atoms with Crippen molar-refractivity contribution in [3.05, 3.63) is 53.6 Å². The van der Waals surface area contributed by atoms with Gasteiger partial charge in [-0.25, -0.2) is 0 Å². The molecule has 3 rings (SSSR count). The van der Waals surface area contributed by atoms with E-state index in [0.29, 0.717) is 24.0 Å². The van der Waals surface area contributed by atoms with Crippen LogP contribution < -0.4 is 20.3 Å². The van der Waals surface area contributed by atoms with Crippen LogP contribution in [0.25, 0.3) is 0 Å². The molecule has 0 aromatic heterocycles. The number of morpholine rings is 1. The molecule has 27 heavy (non-hydrogen) atoms. The van der Waals surface area contributed by atoms with Gasteiger partial charge in [-0.3, -0.25) is 10.1 Å². The lowest BCUT2D eigenvalue weighted by Gasteiger charge is -2.31. The second kappa shape index (κ2) is 9.55. The normalized spacial score (nSPS) is 13.7. The Labute approximate surface area is 168 Å². The van der Waals surface area contributed by atoms with Gasteiger partial charge >= 0.3 is 0 Å². The third kappa shape index (κ3) is 5.56. The number of anilines is 2. The van der Waals surface area contributed by atoms with E-state index in [1.54, 1.807) is 12.1 Å². The minimum Gasteiger partial charge on any atom is -0.484 e. The van der Waals surface area contributed by atoms with Gasteiger partial charge in [0.1, 0.15) is 5.75 Å². The summed E-state index contributed by atoms with van der Waals surface area (Å²) in [6.45, 7) is 2.63. The molecular weight excluding hydrogens is 386 g/mol. The summed E-state index contributed by atoms with van der Waals surface area (Å²) in [4.78, 5) is 14.2. The Bertz CT molecular complexity index is 798. The molecule has 142 valence electrons. The average Bonchev–Trinajstić information content (AvgIpc) is 2.68. The van der Waals surface area contributed by atoms with Crippen molar-refractivity contribution >= 4 is 46.2 Å². The molecule has 2 aromatic rings. The fraction of sp³-hybridized carbons (Fsp3) is 0.263. The Morgan fingerprint density at radius 3 is 2.63 bits per heavy atom. The summed E-state index contributed by atoms with van der Waals surface area (Å²) >= 11 is 11.7. The van der Waals surface area contributed by atoms with Gasteiger partial charge in [-0.2, -0.15) is 0 Å². The number of ether oxygens (including phenoxy) is 2. The molecule has 1 fully saturated rings. The quantitative estimate of drug-likeness (QED) is 0.745. The zero-order chi connectivity index (χ0) is 19.1. The topological polar surface area (TPSA) is 62.8 Å². The number of nitrogens with zero attached hydrogens (tertiary/aromatic N) is 1. The molecule has 8 heteroatoms. The van der Waals surface area contributed by atoms with Gasteiger partial charge in [0, 0.05) is 13.1 Å². The Morgan fingerprint density at radius 1 is 1.15 bits per heavy atom. The summed E-state index contributed by atoms with van der Waals surface area (Å²) in [5.74, 6) is 0.280. The number of carbonyl (C=O) groups excluding carboxylic acids is 1. The first-order valence-electron chi connectivity index (χ1n) is 8.53. The average molecular weight is 406 g/mol. The van der Waals surface area contributed by atoms with E-state index in [-0.39, 0.29) is 17.6 Å². The van der Waals surface area contributed by atoms with E-state index in [2.05, 4.69) is 15.5 Å². The fourth-order valence-electron chi connectivity index (χ4n) is 2.71. The summed E-state index contributed by atoms with van der Waals surface area (Å²) in [6.07, 6.45) is 0. The van der Waals surface area contributed by atoms with E-state index in [1.807, 2.05) is 36.4 Å². The zero-order valence-corrected chi connectivity index (χ0v) is 16.2. The van der Waals surface area contributed by atoms with E-state index >= 15 is 0 Å². The summed E-state index contributed by atoms with van der Waals surface area (Å²) in [6, 6.07) is 14.6. The van der Waals surface area contributed by atoms with Gasteiger partial charge in [0.05, 0.1) is 29.6 Å². The van der Waals surface area contributed by atoms with Crippen LogP contribution in [0, 0.1) is 0 Å². The van der Waals surface area contributed by atoms with Gasteiger partial charge in [-0.15, -0.1) is 0 Å². The minimum atomic E-state index is -0.341. The molecule has 0 radical (unpaired) electrons. The second-order valence-corrected chi connectivity index (χ2v) is 6.65. The largest absolute Gasteiger partial charge is 0.484 e. The summed E-state index contributed by atoms with van der Waals surface area (Å²) in [5.41, 5.74) is 1.58. The molecule has 0 bridgehead atoms. The van der Waals surface area contributed by atoms with Crippen LogP contribution in [0.2, 0.25) is 5.02 Å². The number of rotatable bonds is 5. The maximum atomic E-state index is 12.1. The lowest BCUT2D eigenvalue weighted by Crippen LogP contribution is -2.39. The van der Waals surface area contributed by atoms with E-state index in [9.17, 15) is 4.79 Å². The Hall–Kier alpha value is -2.35. The number of thiocarbonyl (C=S) groups is 1. The number of hydrogen-bond acceptors (Lipinski definition) is 5. The SMILES string of the molecule is O=C(COc1ccccc1)NC(=S)Nc1cccc(Cl)c1N1CCOCC1. The molecule has 1 amide bonds. The van der Waals surface area contributed by atoms with Gasteiger partial charge in [0.2, 0.25) is 0 Å².